The quantitative estimate of drug-likeness (QED) is 0.446. The number of hydrogen-bond donors (Lipinski definition) is 1. The van der Waals surface area contributed by atoms with Gasteiger partial charge in [-0.05, 0) is 37.6 Å². The molecule has 2 aromatic carbocycles. The molecule has 0 aliphatic heterocycles. The van der Waals surface area contributed by atoms with Gasteiger partial charge in [-0.25, -0.2) is 0 Å². The summed E-state index contributed by atoms with van der Waals surface area (Å²) in [7, 11) is 1.48. The highest BCUT2D eigenvalue weighted by molar-refractivity contribution is 9.10. The summed E-state index contributed by atoms with van der Waals surface area (Å²) in [5.74, 6) is -0.805. The zero-order valence-electron chi connectivity index (χ0n) is 16.6. The summed E-state index contributed by atoms with van der Waals surface area (Å²) in [5, 5.41) is 2.81. The number of ether oxygens (including phenoxy) is 2. The Hall–Kier alpha value is -2.67. The predicted molar refractivity (Wildman–Crippen MR) is 113 cm³/mol. The molecular formula is C22H24BrNO5. The SMILES string of the molecule is COc1ccc(Br)cc1C(=O)CCC(=O)O[C@@H](C)C(=O)N[C@@H](C)c1ccccc1. The standard InChI is InChI=1S/C22H24BrNO5/c1-14(16-7-5-4-6-8-16)24-22(27)15(2)29-21(26)12-10-19(25)18-13-17(23)9-11-20(18)28-3/h4-9,11,13-15H,10,12H2,1-3H3,(H,24,27)/t14-,15-/m0/s1. The molecule has 154 valence electrons. The molecule has 2 aromatic rings. The number of carbonyl (C=O) groups is 3. The van der Waals surface area contributed by atoms with Crippen molar-refractivity contribution in [2.24, 2.45) is 0 Å². The van der Waals surface area contributed by atoms with Crippen molar-refractivity contribution >= 4 is 33.6 Å². The number of amides is 1. The van der Waals surface area contributed by atoms with Gasteiger partial charge in [-0.2, -0.15) is 0 Å². The van der Waals surface area contributed by atoms with Crippen LogP contribution in [0, 0.1) is 0 Å². The topological polar surface area (TPSA) is 81.7 Å². The van der Waals surface area contributed by atoms with E-state index in [0.29, 0.717) is 11.3 Å². The van der Waals surface area contributed by atoms with Crippen molar-refractivity contribution in [3.8, 4) is 5.75 Å². The van der Waals surface area contributed by atoms with E-state index in [4.69, 9.17) is 9.47 Å². The Morgan fingerprint density at radius 1 is 1.03 bits per heavy atom. The highest BCUT2D eigenvalue weighted by atomic mass is 79.9. The predicted octanol–water partition coefficient (Wildman–Crippen LogP) is 4.23. The van der Waals surface area contributed by atoms with E-state index in [9.17, 15) is 14.4 Å². The number of Topliss-reactive ketones (excluding diaryl/α,β-unsaturated/α-hetero) is 1. The van der Waals surface area contributed by atoms with Crippen LogP contribution in [-0.2, 0) is 14.3 Å². The van der Waals surface area contributed by atoms with Gasteiger partial charge in [0, 0.05) is 10.9 Å². The first-order valence-corrected chi connectivity index (χ1v) is 10.0. The molecule has 0 aliphatic carbocycles. The minimum Gasteiger partial charge on any atom is -0.496 e. The zero-order chi connectivity index (χ0) is 21.4. The summed E-state index contributed by atoms with van der Waals surface area (Å²) in [6, 6.07) is 14.4. The Morgan fingerprint density at radius 3 is 2.38 bits per heavy atom. The Kier molecular flexibility index (Phi) is 8.39. The molecule has 0 heterocycles. The molecule has 2 rings (SSSR count). The normalized spacial score (nSPS) is 12.6. The van der Waals surface area contributed by atoms with E-state index in [1.54, 1.807) is 18.2 Å². The highest BCUT2D eigenvalue weighted by Gasteiger charge is 2.21. The van der Waals surface area contributed by atoms with Crippen LogP contribution < -0.4 is 10.1 Å². The van der Waals surface area contributed by atoms with Crippen LogP contribution in [0.5, 0.6) is 5.75 Å². The minimum absolute atomic E-state index is 0.0413. The highest BCUT2D eigenvalue weighted by Crippen LogP contribution is 2.24. The summed E-state index contributed by atoms with van der Waals surface area (Å²) < 4.78 is 11.1. The first-order valence-electron chi connectivity index (χ1n) is 9.23. The molecule has 0 saturated carbocycles. The van der Waals surface area contributed by atoms with Gasteiger partial charge in [-0.3, -0.25) is 14.4 Å². The second kappa shape index (κ2) is 10.8. The molecule has 0 bridgehead atoms. The van der Waals surface area contributed by atoms with Gasteiger partial charge < -0.3 is 14.8 Å². The van der Waals surface area contributed by atoms with Gasteiger partial charge in [0.15, 0.2) is 11.9 Å². The summed E-state index contributed by atoms with van der Waals surface area (Å²) in [5.41, 5.74) is 1.34. The largest absolute Gasteiger partial charge is 0.496 e. The molecule has 1 N–H and O–H groups in total. The minimum atomic E-state index is -0.954. The third kappa shape index (κ3) is 6.71. The second-order valence-corrected chi connectivity index (χ2v) is 7.46. The van der Waals surface area contributed by atoms with Crippen LogP contribution in [-0.4, -0.2) is 30.9 Å². The molecule has 6 nitrogen and oxygen atoms in total. The number of ketones is 1. The number of esters is 1. The van der Waals surface area contributed by atoms with E-state index in [2.05, 4.69) is 21.2 Å². The Bertz CT molecular complexity index is 869. The second-order valence-electron chi connectivity index (χ2n) is 6.54. The van der Waals surface area contributed by atoms with Gasteiger partial charge in [0.25, 0.3) is 5.91 Å². The van der Waals surface area contributed by atoms with Gasteiger partial charge >= 0.3 is 5.97 Å². The van der Waals surface area contributed by atoms with Gasteiger partial charge in [0.2, 0.25) is 0 Å². The fourth-order valence-electron chi connectivity index (χ4n) is 2.71. The van der Waals surface area contributed by atoms with E-state index < -0.39 is 18.0 Å². The van der Waals surface area contributed by atoms with Crippen LogP contribution >= 0.6 is 15.9 Å². The first kappa shape index (κ1) is 22.6. The maximum atomic E-state index is 12.4. The van der Waals surface area contributed by atoms with Crippen LogP contribution in [0.1, 0.15) is 48.7 Å². The smallest absolute Gasteiger partial charge is 0.307 e. The summed E-state index contributed by atoms with van der Waals surface area (Å²) in [4.78, 5) is 36.8. The molecule has 7 heteroatoms. The molecule has 1 amide bonds. The number of hydrogen-bond acceptors (Lipinski definition) is 5. The monoisotopic (exact) mass is 461 g/mol. The van der Waals surface area contributed by atoms with E-state index in [-0.39, 0.29) is 24.7 Å². The van der Waals surface area contributed by atoms with Gasteiger partial charge in [0.05, 0.1) is 25.1 Å². The summed E-state index contributed by atoms with van der Waals surface area (Å²) in [6.07, 6.45) is -1.12. The van der Waals surface area contributed by atoms with Gasteiger partial charge in [-0.15, -0.1) is 0 Å². The number of nitrogens with one attached hydrogen (secondary N) is 1. The van der Waals surface area contributed by atoms with Crippen LogP contribution in [0.2, 0.25) is 0 Å². The van der Waals surface area contributed by atoms with Crippen molar-refractivity contribution in [1.29, 1.82) is 0 Å². The molecular weight excluding hydrogens is 438 g/mol. The summed E-state index contributed by atoms with van der Waals surface area (Å²) >= 11 is 3.31. The zero-order valence-corrected chi connectivity index (χ0v) is 18.2. The Labute approximate surface area is 178 Å². The molecule has 29 heavy (non-hydrogen) atoms. The maximum Gasteiger partial charge on any atom is 0.307 e. The summed E-state index contributed by atoms with van der Waals surface area (Å²) in [6.45, 7) is 3.36. The van der Waals surface area contributed by atoms with Crippen LogP contribution in [0.15, 0.2) is 53.0 Å². The lowest BCUT2D eigenvalue weighted by atomic mass is 10.1. The van der Waals surface area contributed by atoms with Crippen molar-refractivity contribution in [3.63, 3.8) is 0 Å². The molecule has 0 radical (unpaired) electrons. The van der Waals surface area contributed by atoms with Crippen molar-refractivity contribution < 1.29 is 23.9 Å². The van der Waals surface area contributed by atoms with Crippen molar-refractivity contribution in [3.05, 3.63) is 64.1 Å². The van der Waals surface area contributed by atoms with Gasteiger partial charge in [-0.1, -0.05) is 46.3 Å². The van der Waals surface area contributed by atoms with E-state index in [0.717, 1.165) is 10.0 Å². The van der Waals surface area contributed by atoms with Crippen LogP contribution in [0.25, 0.3) is 0 Å². The number of carbonyl (C=O) groups excluding carboxylic acids is 3. The fourth-order valence-corrected chi connectivity index (χ4v) is 3.07. The van der Waals surface area contributed by atoms with Crippen molar-refractivity contribution in [1.82, 2.24) is 5.32 Å². The van der Waals surface area contributed by atoms with Crippen molar-refractivity contribution in [2.45, 2.75) is 38.8 Å². The van der Waals surface area contributed by atoms with Gasteiger partial charge in [0.1, 0.15) is 5.75 Å². The average Bonchev–Trinajstić information content (AvgIpc) is 2.72. The lowest BCUT2D eigenvalue weighted by molar-refractivity contribution is -0.155. The Balaban J connectivity index is 1.84. The molecule has 0 fully saturated rings. The molecule has 2 atom stereocenters. The van der Waals surface area contributed by atoms with Crippen LogP contribution in [0.3, 0.4) is 0 Å². The number of halogens is 1. The van der Waals surface area contributed by atoms with E-state index in [1.165, 1.54) is 14.0 Å². The number of methoxy groups -OCH3 is 1. The first-order chi connectivity index (χ1) is 13.8. The lowest BCUT2D eigenvalue weighted by Gasteiger charge is -2.18. The van der Waals surface area contributed by atoms with E-state index in [1.807, 2.05) is 37.3 Å². The number of rotatable bonds is 9. The van der Waals surface area contributed by atoms with E-state index >= 15 is 0 Å². The molecule has 0 unspecified atom stereocenters. The third-order valence-electron chi connectivity index (χ3n) is 4.35. The molecule has 0 spiro atoms. The fraction of sp³-hybridized carbons (Fsp3) is 0.318. The van der Waals surface area contributed by atoms with Crippen molar-refractivity contribution in [2.75, 3.05) is 7.11 Å². The average molecular weight is 462 g/mol. The molecule has 0 saturated heterocycles. The van der Waals surface area contributed by atoms with Crippen LogP contribution in [0.4, 0.5) is 0 Å². The molecule has 0 aromatic heterocycles. The maximum absolute atomic E-state index is 12.4. The lowest BCUT2D eigenvalue weighted by Crippen LogP contribution is -2.37. The third-order valence-corrected chi connectivity index (χ3v) is 4.85. The number of benzene rings is 2. The Morgan fingerprint density at radius 2 is 1.72 bits per heavy atom. The molecule has 0 aliphatic rings.